The minimum absolute atomic E-state index is 0.0113. The molecule has 132 valence electrons. The largest absolute Gasteiger partial charge is 0.334 e. The van der Waals surface area contributed by atoms with E-state index in [-0.39, 0.29) is 10.9 Å². The Hall–Kier alpha value is -3.18. The van der Waals surface area contributed by atoms with Gasteiger partial charge in [0.25, 0.3) is 5.91 Å². The summed E-state index contributed by atoms with van der Waals surface area (Å²) < 4.78 is 17.8. The van der Waals surface area contributed by atoms with E-state index >= 15 is 0 Å². The molecular formula is C21H12ClFN2O2. The number of nitrogens with zero attached hydrogens (tertiary/aromatic N) is 2. The quantitative estimate of drug-likeness (QED) is 0.459. The van der Waals surface area contributed by atoms with E-state index in [1.807, 2.05) is 16.7 Å². The molecule has 0 aliphatic carbocycles. The second-order valence-corrected chi connectivity index (χ2v) is 6.90. The Morgan fingerprint density at radius 3 is 2.52 bits per heavy atom. The van der Waals surface area contributed by atoms with E-state index in [1.165, 1.54) is 10.6 Å². The number of fused-ring (bicyclic) bond motifs is 4. The van der Waals surface area contributed by atoms with Crippen LogP contribution in [-0.4, -0.2) is 15.0 Å². The Labute approximate surface area is 158 Å². The number of hydrogen-bond acceptors (Lipinski definition) is 2. The Morgan fingerprint density at radius 2 is 1.74 bits per heavy atom. The molecule has 5 rings (SSSR count). The first-order valence-electron chi connectivity index (χ1n) is 8.38. The van der Waals surface area contributed by atoms with Crippen molar-refractivity contribution in [3.8, 4) is 11.4 Å². The van der Waals surface area contributed by atoms with Crippen molar-refractivity contribution in [2.75, 3.05) is 0 Å². The first-order valence-corrected chi connectivity index (χ1v) is 8.76. The summed E-state index contributed by atoms with van der Waals surface area (Å²) in [5.41, 5.74) is 1.97. The third-order valence-electron chi connectivity index (χ3n) is 4.92. The number of benzene rings is 2. The highest BCUT2D eigenvalue weighted by molar-refractivity contribution is 6.30. The second-order valence-electron chi connectivity index (χ2n) is 6.47. The fourth-order valence-electron chi connectivity index (χ4n) is 3.72. The number of halogens is 2. The van der Waals surface area contributed by atoms with Gasteiger partial charge in [-0.1, -0.05) is 29.8 Å². The maximum Gasteiger partial charge on any atom is 0.268 e. The van der Waals surface area contributed by atoms with E-state index in [0.717, 1.165) is 5.56 Å². The molecule has 27 heavy (non-hydrogen) atoms. The lowest BCUT2D eigenvalue weighted by atomic mass is 10.1. The molecule has 0 N–H and O–H groups in total. The van der Waals surface area contributed by atoms with Gasteiger partial charge in [-0.15, -0.1) is 0 Å². The lowest BCUT2D eigenvalue weighted by Gasteiger charge is -2.16. The molecule has 0 amide bonds. The van der Waals surface area contributed by atoms with Gasteiger partial charge in [-0.2, -0.15) is 0 Å². The lowest BCUT2D eigenvalue weighted by molar-refractivity contribution is 0.0968. The van der Waals surface area contributed by atoms with Gasteiger partial charge in [-0.25, -0.2) is 4.39 Å². The van der Waals surface area contributed by atoms with E-state index in [0.29, 0.717) is 28.5 Å². The molecule has 0 saturated heterocycles. The fourth-order valence-corrected chi connectivity index (χ4v) is 3.85. The van der Waals surface area contributed by atoms with Gasteiger partial charge in [0.2, 0.25) is 5.43 Å². The lowest BCUT2D eigenvalue weighted by Crippen LogP contribution is -2.21. The van der Waals surface area contributed by atoms with Crippen molar-refractivity contribution in [2.24, 2.45) is 0 Å². The van der Waals surface area contributed by atoms with Crippen LogP contribution in [0.4, 0.5) is 4.39 Å². The number of carbonyl (C=O) groups is 1. The predicted octanol–water partition coefficient (Wildman–Crippen LogP) is 4.31. The first kappa shape index (κ1) is 16.0. The van der Waals surface area contributed by atoms with Crippen LogP contribution in [0.5, 0.6) is 0 Å². The van der Waals surface area contributed by atoms with Gasteiger partial charge in [-0.3, -0.25) is 14.2 Å². The zero-order valence-corrected chi connectivity index (χ0v) is 14.7. The van der Waals surface area contributed by atoms with E-state index in [1.54, 1.807) is 42.6 Å². The predicted molar refractivity (Wildman–Crippen MR) is 102 cm³/mol. The zero-order valence-electron chi connectivity index (χ0n) is 13.9. The van der Waals surface area contributed by atoms with Crippen LogP contribution >= 0.6 is 11.6 Å². The molecule has 0 bridgehead atoms. The molecule has 6 heteroatoms. The van der Waals surface area contributed by atoms with E-state index in [9.17, 15) is 14.0 Å². The van der Waals surface area contributed by atoms with Gasteiger partial charge in [0.05, 0.1) is 22.3 Å². The third kappa shape index (κ3) is 2.22. The Balaban J connectivity index is 1.89. The summed E-state index contributed by atoms with van der Waals surface area (Å²) in [4.78, 5) is 25.7. The molecule has 0 spiro atoms. The minimum atomic E-state index is -0.630. The molecule has 4 nitrogen and oxygen atoms in total. The molecule has 0 unspecified atom stereocenters. The molecule has 2 aromatic carbocycles. The summed E-state index contributed by atoms with van der Waals surface area (Å²) in [6.45, 7) is 0.373. The van der Waals surface area contributed by atoms with Gasteiger partial charge < -0.3 is 4.57 Å². The summed E-state index contributed by atoms with van der Waals surface area (Å²) in [5.74, 6) is -1.06. The van der Waals surface area contributed by atoms with Gasteiger partial charge >= 0.3 is 0 Å². The van der Waals surface area contributed by atoms with Crippen LogP contribution in [0.2, 0.25) is 5.02 Å². The summed E-state index contributed by atoms with van der Waals surface area (Å²) in [6, 6.07) is 15.3. The maximum atomic E-state index is 14.5. The summed E-state index contributed by atoms with van der Waals surface area (Å²) in [5, 5.41) is 0.549. The molecular weight excluding hydrogens is 367 g/mol. The third-order valence-corrected chi connectivity index (χ3v) is 5.17. The average Bonchev–Trinajstić information content (AvgIpc) is 3.23. The van der Waals surface area contributed by atoms with Crippen molar-refractivity contribution in [1.29, 1.82) is 0 Å². The second kappa shape index (κ2) is 5.66. The Morgan fingerprint density at radius 1 is 0.963 bits per heavy atom. The van der Waals surface area contributed by atoms with Crippen LogP contribution < -0.4 is 5.43 Å². The number of rotatable bonds is 2. The van der Waals surface area contributed by atoms with Crippen molar-refractivity contribution in [3.63, 3.8) is 0 Å². The monoisotopic (exact) mass is 378 g/mol. The smallest absolute Gasteiger partial charge is 0.268 e. The van der Waals surface area contributed by atoms with Crippen molar-refractivity contribution in [3.05, 3.63) is 93.0 Å². The molecule has 3 heterocycles. The molecule has 2 aromatic heterocycles. The first-order chi connectivity index (χ1) is 13.1. The Bertz CT molecular complexity index is 1300. The molecule has 0 saturated carbocycles. The zero-order chi connectivity index (χ0) is 18.7. The highest BCUT2D eigenvalue weighted by atomic mass is 35.5. The van der Waals surface area contributed by atoms with Gasteiger partial charge in [0.15, 0.2) is 0 Å². The SMILES string of the molecule is O=C1c2c(n(Cc3ccc(Cl)cc3)c3cccc(F)c3c2=O)-c2cccn21. The van der Waals surface area contributed by atoms with E-state index in [4.69, 9.17) is 11.6 Å². The van der Waals surface area contributed by atoms with Crippen LogP contribution in [0.1, 0.15) is 15.9 Å². The molecule has 1 aliphatic heterocycles. The number of aromatic nitrogens is 2. The topological polar surface area (TPSA) is 44.0 Å². The van der Waals surface area contributed by atoms with Gasteiger partial charge in [0.1, 0.15) is 11.4 Å². The molecule has 0 atom stereocenters. The van der Waals surface area contributed by atoms with E-state index < -0.39 is 17.2 Å². The number of pyridine rings is 1. The van der Waals surface area contributed by atoms with Crippen LogP contribution in [-0.2, 0) is 6.54 Å². The summed E-state index contributed by atoms with van der Waals surface area (Å²) in [6.07, 6.45) is 1.62. The van der Waals surface area contributed by atoms with Crippen molar-refractivity contribution < 1.29 is 9.18 Å². The van der Waals surface area contributed by atoms with Crippen LogP contribution in [0.25, 0.3) is 22.3 Å². The highest BCUT2D eigenvalue weighted by Gasteiger charge is 2.33. The standard InChI is InChI=1S/C21H12ClFN2O2/c22-13-8-6-12(7-9-13)11-25-15-4-1-3-14(23)17(15)20(26)18-19(25)16-5-2-10-24(16)21(18)27/h1-10H,11H2. The average molecular weight is 379 g/mol. The Kier molecular flexibility index (Phi) is 3.36. The number of carbonyl (C=O) groups excluding carboxylic acids is 1. The normalized spacial score (nSPS) is 12.4. The van der Waals surface area contributed by atoms with Crippen LogP contribution in [0, 0.1) is 5.82 Å². The molecule has 0 fully saturated rings. The van der Waals surface area contributed by atoms with Crippen molar-refractivity contribution >= 4 is 28.4 Å². The molecule has 0 radical (unpaired) electrons. The number of hydrogen-bond donors (Lipinski definition) is 0. The van der Waals surface area contributed by atoms with E-state index in [2.05, 4.69) is 0 Å². The molecule has 4 aromatic rings. The van der Waals surface area contributed by atoms with Crippen LogP contribution in [0.15, 0.2) is 65.6 Å². The summed E-state index contributed by atoms with van der Waals surface area (Å²) in [7, 11) is 0. The van der Waals surface area contributed by atoms with Crippen molar-refractivity contribution in [2.45, 2.75) is 6.54 Å². The van der Waals surface area contributed by atoms with Gasteiger partial charge in [-0.05, 0) is 42.0 Å². The van der Waals surface area contributed by atoms with Gasteiger partial charge in [0, 0.05) is 17.8 Å². The highest BCUT2D eigenvalue weighted by Crippen LogP contribution is 2.34. The fraction of sp³-hybridized carbons (Fsp3) is 0.0476. The summed E-state index contributed by atoms with van der Waals surface area (Å²) >= 11 is 5.97. The minimum Gasteiger partial charge on any atom is -0.334 e. The van der Waals surface area contributed by atoms with Crippen LogP contribution in [0.3, 0.4) is 0 Å². The van der Waals surface area contributed by atoms with Crippen molar-refractivity contribution in [1.82, 2.24) is 9.13 Å². The maximum absolute atomic E-state index is 14.5. The molecule has 1 aliphatic rings.